The number of carbonyl (C=O) groups excluding carboxylic acids is 1. The molecule has 0 saturated heterocycles. The van der Waals surface area contributed by atoms with Crippen LogP contribution in [0.5, 0.6) is 11.5 Å². The molecule has 1 amide bonds. The molecule has 0 aliphatic heterocycles. The Morgan fingerprint density at radius 1 is 1.29 bits per heavy atom. The summed E-state index contributed by atoms with van der Waals surface area (Å²) < 4.78 is 10.5. The third-order valence-corrected chi connectivity index (χ3v) is 3.79. The second-order valence-electron chi connectivity index (χ2n) is 5.29. The molecule has 0 bridgehead atoms. The zero-order chi connectivity index (χ0) is 16.0. The van der Waals surface area contributed by atoms with E-state index in [-0.39, 0.29) is 11.8 Å². The van der Waals surface area contributed by atoms with Crippen LogP contribution in [0.4, 0.5) is 0 Å². The van der Waals surface area contributed by atoms with Crippen LogP contribution in [0.2, 0.25) is 0 Å². The molecule has 0 spiro atoms. The smallest absolute Gasteiger partial charge is 0.239 e. The van der Waals surface area contributed by atoms with E-state index in [1.807, 2.05) is 32.0 Å². The quantitative estimate of drug-likeness (QED) is 0.836. The maximum atomic E-state index is 12.3. The predicted molar refractivity (Wildman–Crippen MR) is 83.5 cm³/mol. The summed E-state index contributed by atoms with van der Waals surface area (Å²) >= 11 is 0. The molecule has 2 N–H and O–H groups in total. The second-order valence-corrected chi connectivity index (χ2v) is 5.29. The summed E-state index contributed by atoms with van der Waals surface area (Å²) in [7, 11) is 4.95. The predicted octanol–water partition coefficient (Wildman–Crippen LogP) is 2.04. The first-order chi connectivity index (χ1) is 9.94. The molecule has 1 rings (SSSR count). The number of nitrogens with zero attached hydrogens (tertiary/aromatic N) is 1. The van der Waals surface area contributed by atoms with Crippen LogP contribution in [0.25, 0.3) is 0 Å². The maximum absolute atomic E-state index is 12.3. The second kappa shape index (κ2) is 7.88. The van der Waals surface area contributed by atoms with Crippen molar-refractivity contribution in [1.29, 1.82) is 0 Å². The van der Waals surface area contributed by atoms with Crippen molar-refractivity contribution >= 4 is 5.91 Å². The Morgan fingerprint density at radius 2 is 1.90 bits per heavy atom. The van der Waals surface area contributed by atoms with E-state index in [9.17, 15) is 4.79 Å². The lowest BCUT2D eigenvalue weighted by molar-refractivity contribution is -0.132. The average molecular weight is 294 g/mol. The van der Waals surface area contributed by atoms with E-state index in [4.69, 9.17) is 15.2 Å². The molecule has 0 aliphatic carbocycles. The molecule has 2 atom stereocenters. The van der Waals surface area contributed by atoms with Crippen LogP contribution >= 0.6 is 0 Å². The number of nitrogens with two attached hydrogens (primary N) is 1. The fourth-order valence-corrected chi connectivity index (χ4v) is 2.08. The number of amides is 1. The van der Waals surface area contributed by atoms with Gasteiger partial charge in [0.2, 0.25) is 5.91 Å². The summed E-state index contributed by atoms with van der Waals surface area (Å²) in [5.41, 5.74) is 6.96. The third kappa shape index (κ3) is 4.36. The largest absolute Gasteiger partial charge is 0.493 e. The van der Waals surface area contributed by atoms with Crippen molar-refractivity contribution in [2.75, 3.05) is 21.3 Å². The van der Waals surface area contributed by atoms with Crippen LogP contribution in [0.3, 0.4) is 0 Å². The van der Waals surface area contributed by atoms with E-state index >= 15 is 0 Å². The highest BCUT2D eigenvalue weighted by atomic mass is 16.5. The number of likely N-dealkylation sites (N-methyl/N-ethyl adjacent to an activating group) is 1. The molecule has 118 valence electrons. The highest BCUT2D eigenvalue weighted by molar-refractivity contribution is 5.81. The zero-order valence-electron chi connectivity index (χ0n) is 13.6. The fourth-order valence-electron chi connectivity index (χ4n) is 2.08. The van der Waals surface area contributed by atoms with Crippen molar-refractivity contribution in [3.63, 3.8) is 0 Å². The molecule has 0 fully saturated rings. The molecule has 0 radical (unpaired) electrons. The molecule has 0 aromatic heterocycles. The Morgan fingerprint density at radius 3 is 2.43 bits per heavy atom. The molecule has 5 nitrogen and oxygen atoms in total. The van der Waals surface area contributed by atoms with Gasteiger partial charge in [-0.15, -0.1) is 0 Å². The Labute approximate surface area is 127 Å². The van der Waals surface area contributed by atoms with Gasteiger partial charge >= 0.3 is 0 Å². The van der Waals surface area contributed by atoms with Crippen LogP contribution in [-0.2, 0) is 11.3 Å². The Hall–Kier alpha value is -1.75. The minimum atomic E-state index is -0.458. The molecule has 1 aromatic carbocycles. The summed E-state index contributed by atoms with van der Waals surface area (Å²) in [5, 5.41) is 0. The summed E-state index contributed by atoms with van der Waals surface area (Å²) in [6.45, 7) is 4.52. The molecule has 21 heavy (non-hydrogen) atoms. The zero-order valence-corrected chi connectivity index (χ0v) is 13.6. The van der Waals surface area contributed by atoms with Gasteiger partial charge in [0.15, 0.2) is 11.5 Å². The fraction of sp³-hybridized carbons (Fsp3) is 0.562. The number of benzene rings is 1. The Kier molecular flexibility index (Phi) is 6.49. The van der Waals surface area contributed by atoms with E-state index in [1.54, 1.807) is 26.2 Å². The normalized spacial score (nSPS) is 13.4. The molecule has 1 aromatic rings. The van der Waals surface area contributed by atoms with E-state index < -0.39 is 6.04 Å². The van der Waals surface area contributed by atoms with Crippen LogP contribution in [0.15, 0.2) is 18.2 Å². The van der Waals surface area contributed by atoms with E-state index in [0.29, 0.717) is 18.0 Å². The van der Waals surface area contributed by atoms with Gasteiger partial charge in [0.1, 0.15) is 0 Å². The standard InChI is InChI=1S/C16H26N2O3/c1-6-11(2)15(17)16(19)18(3)10-12-7-8-13(20-4)14(9-12)21-5/h7-9,11,15H,6,10,17H2,1-5H3/t11?,15-/m0/s1. The van der Waals surface area contributed by atoms with Gasteiger partial charge in [-0.25, -0.2) is 0 Å². The number of hydrogen-bond acceptors (Lipinski definition) is 4. The first-order valence-corrected chi connectivity index (χ1v) is 7.16. The molecule has 0 aliphatic rings. The topological polar surface area (TPSA) is 64.8 Å². The highest BCUT2D eigenvalue weighted by Crippen LogP contribution is 2.28. The maximum Gasteiger partial charge on any atom is 0.239 e. The van der Waals surface area contributed by atoms with Gasteiger partial charge in [-0.2, -0.15) is 0 Å². The lowest BCUT2D eigenvalue weighted by Gasteiger charge is -2.25. The molecule has 0 heterocycles. The number of methoxy groups -OCH3 is 2. The molecule has 5 heteroatoms. The van der Waals surface area contributed by atoms with Crippen molar-refractivity contribution in [2.24, 2.45) is 11.7 Å². The minimum Gasteiger partial charge on any atom is -0.493 e. The first-order valence-electron chi connectivity index (χ1n) is 7.16. The molecular weight excluding hydrogens is 268 g/mol. The number of ether oxygens (including phenoxy) is 2. The number of carbonyl (C=O) groups is 1. The Bertz CT molecular complexity index is 477. The van der Waals surface area contributed by atoms with E-state index in [1.165, 1.54) is 0 Å². The SMILES string of the molecule is CCC(C)[C@H](N)C(=O)N(C)Cc1ccc(OC)c(OC)c1. The van der Waals surface area contributed by atoms with Crippen molar-refractivity contribution in [3.8, 4) is 11.5 Å². The Balaban J connectivity index is 2.78. The number of hydrogen-bond donors (Lipinski definition) is 1. The monoisotopic (exact) mass is 294 g/mol. The van der Waals surface area contributed by atoms with Crippen molar-refractivity contribution in [2.45, 2.75) is 32.9 Å². The summed E-state index contributed by atoms with van der Waals surface area (Å²) in [5.74, 6) is 1.46. The molecule has 0 saturated carbocycles. The minimum absolute atomic E-state index is 0.0425. The van der Waals surface area contributed by atoms with Gasteiger partial charge in [0.25, 0.3) is 0 Å². The van der Waals surface area contributed by atoms with Gasteiger partial charge in [0, 0.05) is 13.6 Å². The summed E-state index contributed by atoms with van der Waals surface area (Å²) in [6.07, 6.45) is 0.886. The van der Waals surface area contributed by atoms with Gasteiger partial charge in [-0.1, -0.05) is 26.3 Å². The number of rotatable bonds is 7. The van der Waals surface area contributed by atoms with E-state index in [0.717, 1.165) is 12.0 Å². The molecular formula is C16H26N2O3. The van der Waals surface area contributed by atoms with Crippen molar-refractivity contribution in [1.82, 2.24) is 4.90 Å². The molecule has 1 unspecified atom stereocenters. The lowest BCUT2D eigenvalue weighted by Crippen LogP contribution is -2.45. The van der Waals surface area contributed by atoms with Crippen LogP contribution in [0.1, 0.15) is 25.8 Å². The van der Waals surface area contributed by atoms with Crippen LogP contribution in [-0.4, -0.2) is 38.1 Å². The van der Waals surface area contributed by atoms with Crippen LogP contribution in [0, 0.1) is 5.92 Å². The van der Waals surface area contributed by atoms with Crippen molar-refractivity contribution in [3.05, 3.63) is 23.8 Å². The average Bonchev–Trinajstić information content (AvgIpc) is 2.52. The van der Waals surface area contributed by atoms with E-state index in [2.05, 4.69) is 0 Å². The van der Waals surface area contributed by atoms with Gasteiger partial charge in [-0.3, -0.25) is 4.79 Å². The lowest BCUT2D eigenvalue weighted by atomic mass is 9.99. The summed E-state index contributed by atoms with van der Waals surface area (Å²) in [4.78, 5) is 13.9. The third-order valence-electron chi connectivity index (χ3n) is 3.79. The van der Waals surface area contributed by atoms with Crippen molar-refractivity contribution < 1.29 is 14.3 Å². The first kappa shape index (κ1) is 17.3. The van der Waals surface area contributed by atoms with Gasteiger partial charge < -0.3 is 20.1 Å². The van der Waals surface area contributed by atoms with Crippen LogP contribution < -0.4 is 15.2 Å². The highest BCUT2D eigenvalue weighted by Gasteiger charge is 2.23. The summed E-state index contributed by atoms with van der Waals surface area (Å²) in [6, 6.07) is 5.17. The van der Waals surface area contributed by atoms with Gasteiger partial charge in [-0.05, 0) is 23.6 Å². The van der Waals surface area contributed by atoms with Gasteiger partial charge in [0.05, 0.1) is 20.3 Å².